The first-order valence-electron chi connectivity index (χ1n) is 7.23. The van der Waals surface area contributed by atoms with E-state index in [0.29, 0.717) is 33.0 Å². The van der Waals surface area contributed by atoms with Gasteiger partial charge in [0.25, 0.3) is 5.91 Å². The SMILES string of the molecule is COc1cc(OC)c(C(=O)Nc2nc3ccc(Cl)cc3s2)cc1OC. The molecule has 25 heavy (non-hydrogen) atoms. The maximum Gasteiger partial charge on any atom is 0.261 e. The van der Waals surface area contributed by atoms with E-state index in [1.54, 1.807) is 30.3 Å². The van der Waals surface area contributed by atoms with Gasteiger partial charge in [0.05, 0.1) is 37.1 Å². The minimum absolute atomic E-state index is 0.317. The molecule has 1 aromatic heterocycles. The van der Waals surface area contributed by atoms with E-state index in [0.717, 1.165) is 10.2 Å². The molecule has 0 atom stereocenters. The van der Waals surface area contributed by atoms with E-state index in [9.17, 15) is 4.79 Å². The molecule has 0 spiro atoms. The van der Waals surface area contributed by atoms with Crippen LogP contribution in [0.25, 0.3) is 10.2 Å². The van der Waals surface area contributed by atoms with Crippen LogP contribution in [-0.2, 0) is 0 Å². The fraction of sp³-hybridized carbons (Fsp3) is 0.176. The summed E-state index contributed by atoms with van der Waals surface area (Å²) < 4.78 is 16.7. The van der Waals surface area contributed by atoms with Gasteiger partial charge in [-0.3, -0.25) is 10.1 Å². The number of nitrogens with one attached hydrogen (secondary N) is 1. The van der Waals surface area contributed by atoms with E-state index in [2.05, 4.69) is 10.3 Å². The number of rotatable bonds is 5. The fourth-order valence-corrected chi connectivity index (χ4v) is 3.46. The van der Waals surface area contributed by atoms with Gasteiger partial charge in [0.15, 0.2) is 16.6 Å². The number of hydrogen-bond acceptors (Lipinski definition) is 6. The zero-order valence-electron chi connectivity index (χ0n) is 13.8. The van der Waals surface area contributed by atoms with E-state index < -0.39 is 0 Å². The van der Waals surface area contributed by atoms with E-state index >= 15 is 0 Å². The van der Waals surface area contributed by atoms with Crippen molar-refractivity contribution < 1.29 is 19.0 Å². The van der Waals surface area contributed by atoms with Gasteiger partial charge in [0.1, 0.15) is 5.75 Å². The van der Waals surface area contributed by atoms with E-state index in [1.165, 1.54) is 32.7 Å². The summed E-state index contributed by atoms with van der Waals surface area (Å²) in [6, 6.07) is 8.54. The summed E-state index contributed by atoms with van der Waals surface area (Å²) in [5.74, 6) is 0.928. The molecule has 130 valence electrons. The maximum absolute atomic E-state index is 12.7. The number of anilines is 1. The number of carbonyl (C=O) groups excluding carboxylic acids is 1. The Morgan fingerprint density at radius 1 is 1.04 bits per heavy atom. The zero-order chi connectivity index (χ0) is 18.0. The van der Waals surface area contributed by atoms with E-state index in [1.807, 2.05) is 0 Å². The first kappa shape index (κ1) is 17.3. The molecule has 0 unspecified atom stereocenters. The van der Waals surface area contributed by atoms with Crippen LogP contribution in [0.15, 0.2) is 30.3 Å². The van der Waals surface area contributed by atoms with Gasteiger partial charge in [0.2, 0.25) is 0 Å². The Bertz CT molecular complexity index is 942. The van der Waals surface area contributed by atoms with Crippen molar-refractivity contribution in [3.8, 4) is 17.2 Å². The predicted octanol–water partition coefficient (Wildman–Crippen LogP) is 4.23. The molecule has 0 bridgehead atoms. The van der Waals surface area contributed by atoms with Crippen LogP contribution in [0.3, 0.4) is 0 Å². The second-order valence-corrected chi connectivity index (χ2v) is 6.46. The summed E-state index contributed by atoms with van der Waals surface area (Å²) in [5, 5.41) is 3.87. The summed E-state index contributed by atoms with van der Waals surface area (Å²) >= 11 is 7.32. The molecule has 0 aliphatic carbocycles. The maximum atomic E-state index is 12.7. The summed E-state index contributed by atoms with van der Waals surface area (Å²) in [4.78, 5) is 17.0. The molecule has 0 aliphatic heterocycles. The highest BCUT2D eigenvalue weighted by Crippen LogP contribution is 2.35. The van der Waals surface area contributed by atoms with Crippen molar-refractivity contribution in [3.63, 3.8) is 0 Å². The topological polar surface area (TPSA) is 69.7 Å². The molecule has 2 aromatic carbocycles. The molecular formula is C17H15ClN2O4S. The number of aromatic nitrogens is 1. The molecule has 3 aromatic rings. The second-order valence-electron chi connectivity index (χ2n) is 4.99. The van der Waals surface area contributed by atoms with E-state index in [4.69, 9.17) is 25.8 Å². The van der Waals surface area contributed by atoms with Crippen molar-refractivity contribution in [1.29, 1.82) is 0 Å². The number of carbonyl (C=O) groups is 1. The Kier molecular flexibility index (Phi) is 4.96. The number of benzene rings is 2. The molecule has 1 heterocycles. The van der Waals surface area contributed by atoms with Crippen LogP contribution in [0.2, 0.25) is 5.02 Å². The molecule has 0 aliphatic rings. The third-order valence-electron chi connectivity index (χ3n) is 3.52. The van der Waals surface area contributed by atoms with Crippen molar-refractivity contribution in [2.24, 2.45) is 0 Å². The highest BCUT2D eigenvalue weighted by Gasteiger charge is 2.19. The van der Waals surface area contributed by atoms with Crippen LogP contribution in [0, 0.1) is 0 Å². The normalized spacial score (nSPS) is 10.6. The zero-order valence-corrected chi connectivity index (χ0v) is 15.3. The molecule has 0 radical (unpaired) electrons. The number of nitrogens with zero attached hydrogens (tertiary/aromatic N) is 1. The van der Waals surface area contributed by atoms with Crippen molar-refractivity contribution in [2.75, 3.05) is 26.6 Å². The van der Waals surface area contributed by atoms with Gasteiger partial charge >= 0.3 is 0 Å². The van der Waals surface area contributed by atoms with Crippen molar-refractivity contribution >= 4 is 44.2 Å². The first-order chi connectivity index (χ1) is 12.0. The lowest BCUT2D eigenvalue weighted by Crippen LogP contribution is -2.13. The summed E-state index contributed by atoms with van der Waals surface area (Å²) in [6.07, 6.45) is 0. The Balaban J connectivity index is 1.93. The monoisotopic (exact) mass is 378 g/mol. The number of methoxy groups -OCH3 is 3. The molecule has 0 saturated heterocycles. The van der Waals surface area contributed by atoms with Crippen LogP contribution in [0.5, 0.6) is 17.2 Å². The lowest BCUT2D eigenvalue weighted by Gasteiger charge is -2.13. The molecule has 1 amide bonds. The number of amides is 1. The molecule has 3 rings (SSSR count). The molecule has 1 N–H and O–H groups in total. The second kappa shape index (κ2) is 7.16. The van der Waals surface area contributed by atoms with Crippen LogP contribution >= 0.6 is 22.9 Å². The van der Waals surface area contributed by atoms with Gasteiger partial charge in [-0.1, -0.05) is 22.9 Å². The number of halogens is 1. The van der Waals surface area contributed by atoms with E-state index in [-0.39, 0.29) is 5.91 Å². The minimum atomic E-state index is -0.358. The Labute approximate surface area is 153 Å². The highest BCUT2D eigenvalue weighted by atomic mass is 35.5. The summed E-state index contributed by atoms with van der Waals surface area (Å²) in [5.41, 5.74) is 1.08. The van der Waals surface area contributed by atoms with Gasteiger partial charge in [-0.15, -0.1) is 0 Å². The van der Waals surface area contributed by atoms with Crippen LogP contribution in [0.4, 0.5) is 5.13 Å². The summed E-state index contributed by atoms with van der Waals surface area (Å²) in [6.45, 7) is 0. The van der Waals surface area contributed by atoms with Gasteiger partial charge in [-0.05, 0) is 18.2 Å². The quantitative estimate of drug-likeness (QED) is 0.719. The number of fused-ring (bicyclic) bond motifs is 1. The van der Waals surface area contributed by atoms with Crippen molar-refractivity contribution in [3.05, 3.63) is 40.9 Å². The van der Waals surface area contributed by atoms with Crippen LogP contribution in [-0.4, -0.2) is 32.2 Å². The Morgan fingerprint density at radius 2 is 1.72 bits per heavy atom. The van der Waals surface area contributed by atoms with Crippen molar-refractivity contribution in [2.45, 2.75) is 0 Å². The van der Waals surface area contributed by atoms with Gasteiger partial charge in [-0.25, -0.2) is 4.98 Å². The van der Waals surface area contributed by atoms with Gasteiger partial charge in [0, 0.05) is 17.2 Å². The average Bonchev–Trinajstić information content (AvgIpc) is 3.01. The fourth-order valence-electron chi connectivity index (χ4n) is 2.32. The smallest absolute Gasteiger partial charge is 0.261 e. The number of thiazole rings is 1. The first-order valence-corrected chi connectivity index (χ1v) is 8.42. The molecule has 0 saturated carbocycles. The standard InChI is InChI=1S/C17H15ClN2O4S/c1-22-12-8-14(24-3)13(23-2)7-10(12)16(21)20-17-19-11-5-4-9(18)6-15(11)25-17/h4-8H,1-3H3,(H,19,20,21). The molecular weight excluding hydrogens is 364 g/mol. The number of hydrogen-bond donors (Lipinski definition) is 1. The van der Waals surface area contributed by atoms with Crippen LogP contribution < -0.4 is 19.5 Å². The Hall–Kier alpha value is -2.51. The van der Waals surface area contributed by atoms with Gasteiger partial charge < -0.3 is 14.2 Å². The van der Waals surface area contributed by atoms with Crippen LogP contribution in [0.1, 0.15) is 10.4 Å². The molecule has 6 nitrogen and oxygen atoms in total. The molecule has 8 heteroatoms. The van der Waals surface area contributed by atoms with Crippen molar-refractivity contribution in [1.82, 2.24) is 4.98 Å². The number of ether oxygens (including phenoxy) is 3. The minimum Gasteiger partial charge on any atom is -0.496 e. The predicted molar refractivity (Wildman–Crippen MR) is 98.7 cm³/mol. The third kappa shape index (κ3) is 3.47. The lowest BCUT2D eigenvalue weighted by atomic mass is 10.1. The largest absolute Gasteiger partial charge is 0.496 e. The molecule has 0 fully saturated rings. The lowest BCUT2D eigenvalue weighted by molar-refractivity contribution is 0.102. The average molecular weight is 379 g/mol. The summed E-state index contributed by atoms with van der Waals surface area (Å²) in [7, 11) is 4.50. The van der Waals surface area contributed by atoms with Gasteiger partial charge in [-0.2, -0.15) is 0 Å². The third-order valence-corrected chi connectivity index (χ3v) is 4.69. The highest BCUT2D eigenvalue weighted by molar-refractivity contribution is 7.22. The Morgan fingerprint density at radius 3 is 2.40 bits per heavy atom.